The van der Waals surface area contributed by atoms with Crippen molar-refractivity contribution in [3.63, 3.8) is 0 Å². The van der Waals surface area contributed by atoms with E-state index in [1.165, 1.54) is 14.2 Å². The Morgan fingerprint density at radius 2 is 1.88 bits per heavy atom. The number of pyridine rings is 1. The lowest BCUT2D eigenvalue weighted by atomic mass is 10.1. The molecule has 0 saturated heterocycles. The molecule has 9 nitrogen and oxygen atoms in total. The van der Waals surface area contributed by atoms with Crippen LogP contribution in [-0.2, 0) is 4.84 Å². The number of urea groups is 1. The predicted molar refractivity (Wildman–Crippen MR) is 119 cm³/mol. The minimum atomic E-state index is -0.447. The van der Waals surface area contributed by atoms with Crippen LogP contribution in [0.4, 0.5) is 10.5 Å². The Morgan fingerprint density at radius 3 is 2.56 bits per heavy atom. The number of methoxy groups -OCH3 is 1. The molecule has 9 heteroatoms. The van der Waals surface area contributed by atoms with Crippen LogP contribution in [0.15, 0.2) is 42.6 Å². The Bertz CT molecular complexity index is 1180. The molecule has 32 heavy (non-hydrogen) atoms. The number of hydrogen-bond acceptors (Lipinski definition) is 6. The minimum Gasteiger partial charge on any atom is -0.496 e. The maximum atomic E-state index is 12.4. The zero-order valence-electron chi connectivity index (χ0n) is 18.0. The predicted octanol–water partition coefficient (Wildman–Crippen LogP) is 3.92. The van der Waals surface area contributed by atoms with Crippen molar-refractivity contribution in [1.82, 2.24) is 15.8 Å². The van der Waals surface area contributed by atoms with E-state index in [9.17, 15) is 9.59 Å². The Balaban J connectivity index is 1.60. The third-order valence-electron chi connectivity index (χ3n) is 5.05. The Hall–Kier alpha value is -3.85. The number of hydrogen-bond donors (Lipinski definition) is 3. The lowest BCUT2D eigenvalue weighted by Crippen LogP contribution is -2.30. The number of benzene rings is 2. The van der Waals surface area contributed by atoms with Crippen molar-refractivity contribution in [2.24, 2.45) is 0 Å². The molecule has 0 bridgehead atoms. The molecule has 0 unspecified atom stereocenters. The maximum absolute atomic E-state index is 12.4. The van der Waals surface area contributed by atoms with Crippen molar-refractivity contribution in [2.45, 2.75) is 25.8 Å². The van der Waals surface area contributed by atoms with Gasteiger partial charge in [0.15, 0.2) is 0 Å². The van der Waals surface area contributed by atoms with Gasteiger partial charge in [-0.2, -0.15) is 0 Å². The number of carbonyl (C=O) groups is 2. The van der Waals surface area contributed by atoms with Crippen LogP contribution >= 0.6 is 0 Å². The van der Waals surface area contributed by atoms with Crippen molar-refractivity contribution in [2.75, 3.05) is 19.5 Å². The summed E-state index contributed by atoms with van der Waals surface area (Å²) in [6.45, 7) is 1.89. The molecule has 3 aromatic rings. The van der Waals surface area contributed by atoms with Crippen LogP contribution in [0.3, 0.4) is 0 Å². The summed E-state index contributed by atoms with van der Waals surface area (Å²) in [4.78, 5) is 33.5. The van der Waals surface area contributed by atoms with Crippen LogP contribution in [0.2, 0.25) is 0 Å². The highest BCUT2D eigenvalue weighted by Crippen LogP contribution is 2.34. The van der Waals surface area contributed by atoms with Crippen LogP contribution in [0, 0.1) is 6.92 Å². The molecular formula is C23H24N4O5. The Labute approximate surface area is 185 Å². The minimum absolute atomic E-state index is 0.208. The van der Waals surface area contributed by atoms with Crippen LogP contribution in [0.25, 0.3) is 10.9 Å². The average Bonchev–Trinajstić information content (AvgIpc) is 3.59. The molecule has 1 aliphatic carbocycles. The fraction of sp³-hybridized carbons (Fsp3) is 0.261. The molecule has 3 N–H and O–H groups in total. The normalized spacial score (nSPS) is 12.8. The van der Waals surface area contributed by atoms with Gasteiger partial charge in [0.05, 0.1) is 25.3 Å². The van der Waals surface area contributed by atoms with Crippen molar-refractivity contribution in [3.05, 3.63) is 53.7 Å². The van der Waals surface area contributed by atoms with Crippen LogP contribution in [0.5, 0.6) is 17.2 Å². The van der Waals surface area contributed by atoms with E-state index >= 15 is 0 Å². The molecule has 2 aromatic carbocycles. The van der Waals surface area contributed by atoms with Gasteiger partial charge >= 0.3 is 6.03 Å². The number of nitrogens with zero attached hydrogens (tertiary/aromatic N) is 1. The summed E-state index contributed by atoms with van der Waals surface area (Å²) in [5, 5.41) is 6.40. The van der Waals surface area contributed by atoms with Gasteiger partial charge in [-0.1, -0.05) is 0 Å². The van der Waals surface area contributed by atoms with E-state index < -0.39 is 5.91 Å². The van der Waals surface area contributed by atoms with Gasteiger partial charge in [-0.3, -0.25) is 14.6 Å². The largest absolute Gasteiger partial charge is 0.496 e. The van der Waals surface area contributed by atoms with Gasteiger partial charge in [0.1, 0.15) is 17.2 Å². The van der Waals surface area contributed by atoms with E-state index in [4.69, 9.17) is 14.3 Å². The smallest absolute Gasteiger partial charge is 0.319 e. The summed E-state index contributed by atoms with van der Waals surface area (Å²) >= 11 is 0. The summed E-state index contributed by atoms with van der Waals surface area (Å²) in [5.74, 6) is 1.03. The van der Waals surface area contributed by atoms with Gasteiger partial charge in [0.25, 0.3) is 5.91 Å². The fourth-order valence-corrected chi connectivity index (χ4v) is 3.27. The highest BCUT2D eigenvalue weighted by atomic mass is 16.6. The highest BCUT2D eigenvalue weighted by molar-refractivity contribution is 6.01. The summed E-state index contributed by atoms with van der Waals surface area (Å²) < 4.78 is 11.4. The van der Waals surface area contributed by atoms with Gasteiger partial charge < -0.3 is 20.1 Å². The third-order valence-corrected chi connectivity index (χ3v) is 5.05. The molecule has 4 rings (SSSR count). The summed E-state index contributed by atoms with van der Waals surface area (Å²) in [6, 6.07) is 10.5. The van der Waals surface area contributed by atoms with E-state index in [1.807, 2.05) is 13.0 Å². The summed E-state index contributed by atoms with van der Waals surface area (Å²) in [5.41, 5.74) is 4.76. The first-order valence-corrected chi connectivity index (χ1v) is 10.1. The number of amides is 3. The number of fused-ring (bicyclic) bond motifs is 1. The molecule has 0 radical (unpaired) electrons. The number of rotatable bonds is 7. The fourth-order valence-electron chi connectivity index (χ4n) is 3.27. The lowest BCUT2D eigenvalue weighted by molar-refractivity contribution is 0.0535. The standard InChI is InChI=1S/C23H24N4O5/c1-13-10-15(6-7-18(13)26-23(29)25-14-4-5-14)32-20-8-9-24-19-12-21(30-2)17(11-16(19)20)22(28)27-31-3/h6-12,14H,4-5H2,1-3H3,(H,27,28)(H2,25,26,29). The molecule has 1 fully saturated rings. The Morgan fingerprint density at radius 1 is 1.06 bits per heavy atom. The number of aromatic nitrogens is 1. The highest BCUT2D eigenvalue weighted by Gasteiger charge is 2.23. The zero-order chi connectivity index (χ0) is 22.7. The quantitative estimate of drug-likeness (QED) is 0.484. The number of nitrogens with one attached hydrogen (secondary N) is 3. The van der Waals surface area contributed by atoms with Crippen molar-refractivity contribution in [3.8, 4) is 17.2 Å². The number of ether oxygens (including phenoxy) is 2. The van der Waals surface area contributed by atoms with E-state index in [2.05, 4.69) is 21.1 Å². The first kappa shape index (κ1) is 21.4. The first-order valence-electron chi connectivity index (χ1n) is 10.1. The second-order valence-electron chi connectivity index (χ2n) is 7.47. The van der Waals surface area contributed by atoms with Crippen molar-refractivity contribution >= 4 is 28.5 Å². The lowest BCUT2D eigenvalue weighted by Gasteiger charge is -2.14. The van der Waals surface area contributed by atoms with Gasteiger partial charge in [0, 0.05) is 29.4 Å². The first-order chi connectivity index (χ1) is 15.5. The number of anilines is 1. The topological polar surface area (TPSA) is 111 Å². The molecule has 1 saturated carbocycles. The molecule has 1 aliphatic rings. The van der Waals surface area contributed by atoms with Gasteiger partial charge in [-0.15, -0.1) is 0 Å². The number of carbonyl (C=O) groups excluding carboxylic acids is 2. The third kappa shape index (κ3) is 4.73. The molecule has 3 amide bonds. The van der Waals surface area contributed by atoms with Crippen LogP contribution in [0.1, 0.15) is 28.8 Å². The second-order valence-corrected chi connectivity index (χ2v) is 7.47. The molecule has 0 atom stereocenters. The van der Waals surface area contributed by atoms with Crippen LogP contribution < -0.4 is 25.6 Å². The van der Waals surface area contributed by atoms with E-state index in [-0.39, 0.29) is 17.6 Å². The monoisotopic (exact) mass is 436 g/mol. The molecule has 0 spiro atoms. The van der Waals surface area contributed by atoms with Crippen LogP contribution in [-0.4, -0.2) is 37.2 Å². The summed E-state index contributed by atoms with van der Waals surface area (Å²) in [6.07, 6.45) is 3.68. The summed E-state index contributed by atoms with van der Waals surface area (Å²) in [7, 11) is 2.84. The zero-order valence-corrected chi connectivity index (χ0v) is 18.0. The van der Waals surface area contributed by atoms with Gasteiger partial charge in [-0.25, -0.2) is 10.3 Å². The molecular weight excluding hydrogens is 412 g/mol. The molecule has 0 aliphatic heterocycles. The average molecular weight is 436 g/mol. The van der Waals surface area contributed by atoms with E-state index in [0.717, 1.165) is 18.4 Å². The van der Waals surface area contributed by atoms with Crippen molar-refractivity contribution in [1.29, 1.82) is 0 Å². The van der Waals surface area contributed by atoms with E-state index in [1.54, 1.807) is 36.5 Å². The van der Waals surface area contributed by atoms with E-state index in [0.29, 0.717) is 33.8 Å². The number of aryl methyl sites for hydroxylation is 1. The molecule has 1 heterocycles. The number of hydroxylamine groups is 1. The molecule has 166 valence electrons. The molecule has 1 aromatic heterocycles. The second kappa shape index (κ2) is 9.11. The van der Waals surface area contributed by atoms with Crippen molar-refractivity contribution < 1.29 is 23.9 Å². The maximum Gasteiger partial charge on any atom is 0.319 e. The SMILES string of the molecule is CONC(=O)c1cc2c(Oc3ccc(NC(=O)NC4CC4)c(C)c3)ccnc2cc1OC. The Kier molecular flexibility index (Phi) is 6.09. The van der Waals surface area contributed by atoms with Gasteiger partial charge in [-0.05, 0) is 55.7 Å². The van der Waals surface area contributed by atoms with Gasteiger partial charge in [0.2, 0.25) is 0 Å².